The number of phenols is 1. The van der Waals surface area contributed by atoms with Gasteiger partial charge in [0.05, 0.1) is 12.7 Å². The number of methoxy groups -OCH3 is 1. The van der Waals surface area contributed by atoms with Crippen molar-refractivity contribution in [2.75, 3.05) is 12.4 Å². The molecule has 0 aliphatic heterocycles. The first-order chi connectivity index (χ1) is 11.9. The number of hydrogen-bond acceptors (Lipinski definition) is 7. The lowest BCUT2D eigenvalue weighted by Crippen LogP contribution is -2.02. The number of esters is 1. The van der Waals surface area contributed by atoms with E-state index in [0.717, 1.165) is 0 Å². The number of benzene rings is 1. The number of carbonyl (C=O) groups excluding carboxylic acids is 1. The third kappa shape index (κ3) is 2.82. The van der Waals surface area contributed by atoms with Gasteiger partial charge in [0, 0.05) is 18.0 Å². The van der Waals surface area contributed by atoms with Gasteiger partial charge in [-0.2, -0.15) is 5.10 Å². The minimum Gasteiger partial charge on any atom is -0.507 e. The Balaban J connectivity index is 2.05. The molecule has 9 heteroatoms. The van der Waals surface area contributed by atoms with E-state index in [1.54, 1.807) is 6.92 Å². The van der Waals surface area contributed by atoms with E-state index < -0.39 is 11.9 Å². The van der Waals surface area contributed by atoms with Crippen molar-refractivity contribution in [1.82, 2.24) is 14.6 Å². The zero-order valence-corrected chi connectivity index (χ0v) is 13.3. The second-order valence-corrected chi connectivity index (χ2v) is 5.22. The van der Waals surface area contributed by atoms with Gasteiger partial charge in [0.2, 0.25) is 0 Å². The van der Waals surface area contributed by atoms with Crippen LogP contribution >= 0.6 is 0 Å². The van der Waals surface area contributed by atoms with E-state index in [1.807, 2.05) is 0 Å². The van der Waals surface area contributed by atoms with Crippen molar-refractivity contribution in [1.29, 1.82) is 0 Å². The molecule has 0 atom stereocenters. The Morgan fingerprint density at radius 3 is 2.68 bits per heavy atom. The third-order valence-corrected chi connectivity index (χ3v) is 3.72. The number of nitrogens with zero attached hydrogens (tertiary/aromatic N) is 3. The number of ether oxygens (including phenoxy) is 1. The Hall–Kier alpha value is -3.62. The van der Waals surface area contributed by atoms with Crippen LogP contribution < -0.4 is 5.32 Å². The number of aryl methyl sites for hydroxylation is 1. The Kier molecular flexibility index (Phi) is 3.97. The smallest absolute Gasteiger partial charge is 0.339 e. The molecule has 0 unspecified atom stereocenters. The average Bonchev–Trinajstić information content (AvgIpc) is 2.92. The van der Waals surface area contributed by atoms with Gasteiger partial charge in [-0.3, -0.25) is 0 Å². The normalized spacial score (nSPS) is 10.6. The molecule has 0 bridgehead atoms. The summed E-state index contributed by atoms with van der Waals surface area (Å²) in [5, 5.41) is 25.8. The Labute approximate surface area is 141 Å². The molecule has 3 rings (SSSR count). The van der Waals surface area contributed by atoms with E-state index in [2.05, 4.69) is 15.4 Å². The lowest BCUT2D eigenvalue weighted by atomic mass is 10.1. The molecule has 0 fully saturated rings. The number of aromatic hydroxyl groups is 1. The molecule has 0 aliphatic rings. The van der Waals surface area contributed by atoms with Crippen LogP contribution in [0, 0.1) is 6.92 Å². The van der Waals surface area contributed by atoms with E-state index >= 15 is 0 Å². The van der Waals surface area contributed by atoms with Crippen molar-refractivity contribution < 1.29 is 24.5 Å². The quantitative estimate of drug-likeness (QED) is 0.614. The van der Waals surface area contributed by atoms with Gasteiger partial charge < -0.3 is 20.3 Å². The van der Waals surface area contributed by atoms with Gasteiger partial charge >= 0.3 is 11.9 Å². The number of fused-ring (bicyclic) bond motifs is 1. The maximum Gasteiger partial charge on any atom is 0.339 e. The van der Waals surface area contributed by atoms with Gasteiger partial charge in [0.25, 0.3) is 0 Å². The summed E-state index contributed by atoms with van der Waals surface area (Å²) in [5.74, 6) is -1.69. The molecule has 2 heterocycles. The summed E-state index contributed by atoms with van der Waals surface area (Å²) in [5.41, 5.74) is 1.77. The van der Waals surface area contributed by atoms with Crippen LogP contribution in [0.5, 0.6) is 5.75 Å². The third-order valence-electron chi connectivity index (χ3n) is 3.72. The first-order valence-corrected chi connectivity index (χ1v) is 7.17. The highest BCUT2D eigenvalue weighted by Crippen LogP contribution is 2.28. The fraction of sp³-hybridized carbons (Fsp3) is 0.125. The largest absolute Gasteiger partial charge is 0.507 e. The molecule has 0 aliphatic carbocycles. The number of aromatic carboxylic acids is 1. The van der Waals surface area contributed by atoms with Crippen LogP contribution in [0.25, 0.3) is 5.52 Å². The van der Waals surface area contributed by atoms with Gasteiger partial charge in [-0.1, -0.05) is 0 Å². The van der Waals surface area contributed by atoms with Crippen molar-refractivity contribution in [3.63, 3.8) is 0 Å². The monoisotopic (exact) mass is 342 g/mol. The molecule has 0 saturated carbocycles. The predicted molar refractivity (Wildman–Crippen MR) is 87.4 cm³/mol. The zero-order valence-electron chi connectivity index (χ0n) is 13.3. The molecule has 128 valence electrons. The van der Waals surface area contributed by atoms with E-state index in [1.165, 1.54) is 42.3 Å². The minimum absolute atomic E-state index is 0.203. The summed E-state index contributed by atoms with van der Waals surface area (Å²) < 4.78 is 6.24. The summed E-state index contributed by atoms with van der Waals surface area (Å²) in [7, 11) is 1.29. The molecular weight excluding hydrogens is 328 g/mol. The molecule has 0 saturated heterocycles. The topological polar surface area (TPSA) is 126 Å². The molecule has 0 radical (unpaired) electrons. The van der Waals surface area contributed by atoms with E-state index in [4.69, 9.17) is 9.84 Å². The fourth-order valence-electron chi connectivity index (χ4n) is 2.49. The molecule has 9 nitrogen and oxygen atoms in total. The predicted octanol–water partition coefficient (Wildman–Crippen LogP) is 1.97. The molecule has 3 N–H and O–H groups in total. The summed E-state index contributed by atoms with van der Waals surface area (Å²) >= 11 is 0. The van der Waals surface area contributed by atoms with Crippen LogP contribution in [0.1, 0.15) is 26.3 Å². The molecule has 25 heavy (non-hydrogen) atoms. The van der Waals surface area contributed by atoms with Crippen molar-refractivity contribution in [2.24, 2.45) is 0 Å². The van der Waals surface area contributed by atoms with Gasteiger partial charge in [0.1, 0.15) is 23.2 Å². The van der Waals surface area contributed by atoms with Crippen LogP contribution in [0.3, 0.4) is 0 Å². The zero-order chi connectivity index (χ0) is 18.1. The molecular formula is C16H14N4O5. The number of rotatable bonds is 4. The highest BCUT2D eigenvalue weighted by atomic mass is 16.5. The lowest BCUT2D eigenvalue weighted by Gasteiger charge is -2.09. The van der Waals surface area contributed by atoms with Gasteiger partial charge in [-0.05, 0) is 24.6 Å². The van der Waals surface area contributed by atoms with Crippen LogP contribution in [0.15, 0.2) is 30.7 Å². The number of carboxylic acids is 1. The maximum absolute atomic E-state index is 11.8. The first-order valence-electron chi connectivity index (χ1n) is 7.17. The van der Waals surface area contributed by atoms with Crippen LogP contribution in [0.4, 0.5) is 11.5 Å². The second-order valence-electron chi connectivity index (χ2n) is 5.22. The van der Waals surface area contributed by atoms with E-state index in [9.17, 15) is 14.7 Å². The van der Waals surface area contributed by atoms with E-state index in [-0.39, 0.29) is 11.3 Å². The number of aromatic nitrogens is 3. The standard InChI is InChI=1S/C16H14N4O5/c1-8-11(16(24)25-2)6-20-13(8)14(17-7-18-20)19-9-3-4-10(15(22)23)12(21)5-9/h3-7,21H,1-2H3,(H,22,23)(H,17,18,19). The number of anilines is 2. The molecule has 0 spiro atoms. The minimum atomic E-state index is -1.22. The van der Waals surface area contributed by atoms with Gasteiger partial charge in [-0.15, -0.1) is 0 Å². The fourth-order valence-corrected chi connectivity index (χ4v) is 2.49. The highest BCUT2D eigenvalue weighted by molar-refractivity contribution is 5.96. The van der Waals surface area contributed by atoms with Crippen LogP contribution in [-0.4, -0.2) is 43.9 Å². The first kappa shape index (κ1) is 16.2. The highest BCUT2D eigenvalue weighted by Gasteiger charge is 2.18. The van der Waals surface area contributed by atoms with Crippen molar-refractivity contribution in [2.45, 2.75) is 6.92 Å². The Bertz CT molecular complexity index is 996. The van der Waals surface area contributed by atoms with Crippen molar-refractivity contribution in [3.8, 4) is 5.75 Å². The second kappa shape index (κ2) is 6.11. The molecule has 2 aromatic heterocycles. The summed E-state index contributed by atoms with van der Waals surface area (Å²) in [6, 6.07) is 4.06. The molecule has 0 amide bonds. The molecule has 3 aromatic rings. The molecule has 1 aromatic carbocycles. The van der Waals surface area contributed by atoms with Crippen LogP contribution in [0.2, 0.25) is 0 Å². The van der Waals surface area contributed by atoms with Crippen molar-refractivity contribution in [3.05, 3.63) is 47.4 Å². The summed E-state index contributed by atoms with van der Waals surface area (Å²) in [6.07, 6.45) is 2.84. The van der Waals surface area contributed by atoms with Crippen molar-refractivity contribution >= 4 is 29.0 Å². The SMILES string of the molecule is COC(=O)c1cn2ncnc(Nc3ccc(C(=O)O)c(O)c3)c2c1C. The number of nitrogens with one attached hydrogen (secondary N) is 1. The average molecular weight is 342 g/mol. The van der Waals surface area contributed by atoms with Gasteiger partial charge in [0.15, 0.2) is 5.82 Å². The number of carboxylic acid groups (broad SMARTS) is 1. The van der Waals surface area contributed by atoms with Gasteiger partial charge in [-0.25, -0.2) is 19.1 Å². The summed E-state index contributed by atoms with van der Waals surface area (Å²) in [6.45, 7) is 1.74. The van der Waals surface area contributed by atoms with Crippen LogP contribution in [-0.2, 0) is 4.74 Å². The number of hydrogen-bond donors (Lipinski definition) is 3. The van der Waals surface area contributed by atoms with E-state index in [0.29, 0.717) is 28.1 Å². The number of carbonyl (C=O) groups is 2. The lowest BCUT2D eigenvalue weighted by molar-refractivity contribution is 0.0599. The Morgan fingerprint density at radius 1 is 1.28 bits per heavy atom. The Morgan fingerprint density at radius 2 is 2.04 bits per heavy atom. The summed E-state index contributed by atoms with van der Waals surface area (Å²) in [4.78, 5) is 26.9. The maximum atomic E-state index is 11.8.